The van der Waals surface area contributed by atoms with Gasteiger partial charge in [-0.15, -0.1) is 11.3 Å². The van der Waals surface area contributed by atoms with Gasteiger partial charge in [0, 0.05) is 4.88 Å². The average Bonchev–Trinajstić information content (AvgIpc) is 2.91. The number of nitrogens with zero attached hydrogens (tertiary/aromatic N) is 2. The molecule has 0 aliphatic rings. The molecule has 0 unspecified atom stereocenters. The lowest BCUT2D eigenvalue weighted by Crippen LogP contribution is -2.25. The number of ether oxygens (including phenoxy) is 1. The molecule has 0 saturated carbocycles. The molecule has 0 N–H and O–H groups in total. The number of fused-ring (bicyclic) bond motifs is 1. The third kappa shape index (κ3) is 3.70. The Morgan fingerprint density at radius 3 is 2.58 bits per heavy atom. The van der Waals surface area contributed by atoms with E-state index in [9.17, 15) is 9.59 Å². The smallest absolute Gasteiger partial charge is 0.326 e. The lowest BCUT2D eigenvalue weighted by molar-refractivity contribution is -0.145. The molecule has 0 aliphatic heterocycles. The molecule has 5 nitrogen and oxygen atoms in total. The molecule has 2 aromatic heterocycles. The Bertz CT molecular complexity index is 1000. The van der Waals surface area contributed by atoms with Crippen molar-refractivity contribution >= 4 is 27.5 Å². The van der Waals surface area contributed by atoms with Gasteiger partial charge in [0.05, 0.1) is 11.7 Å². The van der Waals surface area contributed by atoms with E-state index in [2.05, 4.69) is 18.8 Å². The zero-order valence-electron chi connectivity index (χ0n) is 15.4. The summed E-state index contributed by atoms with van der Waals surface area (Å²) in [5, 5.41) is 0.590. The summed E-state index contributed by atoms with van der Waals surface area (Å²) in [7, 11) is 0. The lowest BCUT2D eigenvalue weighted by Gasteiger charge is -2.09. The normalized spacial score (nSPS) is 11.3. The maximum atomic E-state index is 12.6. The van der Waals surface area contributed by atoms with Crippen LogP contribution >= 0.6 is 11.3 Å². The summed E-state index contributed by atoms with van der Waals surface area (Å²) in [6, 6.07) is 8.00. The summed E-state index contributed by atoms with van der Waals surface area (Å²) >= 11 is 1.49. The first kappa shape index (κ1) is 18.3. The Morgan fingerprint density at radius 2 is 1.92 bits per heavy atom. The number of hydrogen-bond donors (Lipinski definition) is 0. The van der Waals surface area contributed by atoms with Crippen LogP contribution in [0, 0.1) is 13.8 Å². The molecule has 0 spiro atoms. The minimum atomic E-state index is -0.453. The molecule has 0 atom stereocenters. The molecule has 26 heavy (non-hydrogen) atoms. The predicted octanol–water partition coefficient (Wildman–Crippen LogP) is 3.94. The summed E-state index contributed by atoms with van der Waals surface area (Å²) < 4.78 is 6.62. The first-order valence-electron chi connectivity index (χ1n) is 8.56. The molecule has 0 aliphatic carbocycles. The topological polar surface area (TPSA) is 61.2 Å². The van der Waals surface area contributed by atoms with Crippen molar-refractivity contribution in [3.8, 4) is 0 Å². The molecule has 6 heteroatoms. The largest absolute Gasteiger partial charge is 0.459 e. The van der Waals surface area contributed by atoms with E-state index >= 15 is 0 Å². The minimum absolute atomic E-state index is 0.139. The summed E-state index contributed by atoms with van der Waals surface area (Å²) in [6.07, 6.45) is 1.42. The highest BCUT2D eigenvalue weighted by atomic mass is 32.1. The van der Waals surface area contributed by atoms with E-state index in [4.69, 9.17) is 4.74 Å². The van der Waals surface area contributed by atoms with Crippen LogP contribution in [-0.2, 0) is 22.7 Å². The number of carbonyl (C=O) groups excluding carboxylic acids is 1. The van der Waals surface area contributed by atoms with Crippen molar-refractivity contribution in [1.29, 1.82) is 0 Å². The van der Waals surface area contributed by atoms with Gasteiger partial charge >= 0.3 is 5.97 Å². The first-order valence-corrected chi connectivity index (χ1v) is 9.38. The van der Waals surface area contributed by atoms with Crippen molar-refractivity contribution in [3.63, 3.8) is 0 Å². The van der Waals surface area contributed by atoms with Crippen LogP contribution in [-0.4, -0.2) is 15.5 Å². The number of esters is 1. The van der Waals surface area contributed by atoms with Gasteiger partial charge in [-0.1, -0.05) is 38.1 Å². The van der Waals surface area contributed by atoms with E-state index < -0.39 is 5.97 Å². The maximum Gasteiger partial charge on any atom is 0.326 e. The molecule has 1 aromatic carbocycles. The van der Waals surface area contributed by atoms with Crippen LogP contribution < -0.4 is 5.56 Å². The Hall–Kier alpha value is -2.47. The molecule has 136 valence electrons. The van der Waals surface area contributed by atoms with Crippen LogP contribution in [0.5, 0.6) is 0 Å². The van der Waals surface area contributed by atoms with Gasteiger partial charge in [0.15, 0.2) is 0 Å². The van der Waals surface area contributed by atoms with E-state index in [0.717, 1.165) is 16.0 Å². The van der Waals surface area contributed by atoms with Gasteiger partial charge in [0.25, 0.3) is 5.56 Å². The number of benzene rings is 1. The van der Waals surface area contributed by atoms with E-state index in [0.29, 0.717) is 16.1 Å². The first-order chi connectivity index (χ1) is 12.4. The molecule has 2 heterocycles. The molecule has 0 fully saturated rings. The van der Waals surface area contributed by atoms with Gasteiger partial charge in [-0.2, -0.15) is 0 Å². The fourth-order valence-corrected chi connectivity index (χ4v) is 3.72. The number of thiophene rings is 1. The molecular weight excluding hydrogens is 348 g/mol. The molecule has 0 amide bonds. The minimum Gasteiger partial charge on any atom is -0.459 e. The van der Waals surface area contributed by atoms with Gasteiger partial charge in [-0.25, -0.2) is 4.98 Å². The van der Waals surface area contributed by atoms with Crippen molar-refractivity contribution in [3.05, 3.63) is 62.5 Å². The third-order valence-corrected chi connectivity index (χ3v) is 5.62. The van der Waals surface area contributed by atoms with Gasteiger partial charge in [-0.05, 0) is 36.5 Å². The van der Waals surface area contributed by atoms with Crippen LogP contribution in [0.25, 0.3) is 10.2 Å². The summed E-state index contributed by atoms with van der Waals surface area (Å²) in [6.45, 7) is 8.19. The molecule has 3 rings (SSSR count). The van der Waals surface area contributed by atoms with Crippen LogP contribution in [0.2, 0.25) is 0 Å². The quantitative estimate of drug-likeness (QED) is 0.638. The fourth-order valence-electron chi connectivity index (χ4n) is 2.73. The SMILES string of the molecule is Cc1sc2ncn(CC(=O)OCc3ccc(C(C)C)cc3)c(=O)c2c1C. The van der Waals surface area contributed by atoms with Crippen LogP contribution in [0.3, 0.4) is 0 Å². The molecular formula is C20H22N2O3S. The monoisotopic (exact) mass is 370 g/mol. The maximum absolute atomic E-state index is 12.6. The molecule has 0 bridgehead atoms. The van der Waals surface area contributed by atoms with Crippen molar-refractivity contribution in [2.24, 2.45) is 0 Å². The van der Waals surface area contributed by atoms with Gasteiger partial charge in [0.1, 0.15) is 18.0 Å². The number of rotatable bonds is 5. The Morgan fingerprint density at radius 1 is 1.23 bits per heavy atom. The van der Waals surface area contributed by atoms with Gasteiger partial charge in [-0.3, -0.25) is 14.2 Å². The Labute approximate surface area is 156 Å². The fraction of sp³-hybridized carbons (Fsp3) is 0.350. The number of hydrogen-bond acceptors (Lipinski definition) is 5. The van der Waals surface area contributed by atoms with Crippen molar-refractivity contribution in [1.82, 2.24) is 9.55 Å². The van der Waals surface area contributed by atoms with E-state index in [1.54, 1.807) is 0 Å². The summed E-state index contributed by atoms with van der Waals surface area (Å²) in [5.41, 5.74) is 2.89. The van der Waals surface area contributed by atoms with Crippen LogP contribution in [0.4, 0.5) is 0 Å². The summed E-state index contributed by atoms with van der Waals surface area (Å²) in [5.74, 6) is 0.0101. The third-order valence-electron chi connectivity index (χ3n) is 4.50. The second kappa shape index (κ2) is 7.41. The van der Waals surface area contributed by atoms with E-state index in [1.807, 2.05) is 38.1 Å². The number of aryl methyl sites for hydroxylation is 2. The second-order valence-corrected chi connectivity index (χ2v) is 7.90. The highest BCUT2D eigenvalue weighted by molar-refractivity contribution is 7.18. The number of aromatic nitrogens is 2. The highest BCUT2D eigenvalue weighted by Gasteiger charge is 2.14. The van der Waals surface area contributed by atoms with Gasteiger partial charge in [0.2, 0.25) is 0 Å². The zero-order chi connectivity index (χ0) is 18.8. The van der Waals surface area contributed by atoms with Crippen molar-refractivity contribution < 1.29 is 9.53 Å². The number of carbonyl (C=O) groups is 1. The summed E-state index contributed by atoms with van der Waals surface area (Å²) in [4.78, 5) is 30.8. The molecule has 3 aromatic rings. The van der Waals surface area contributed by atoms with Crippen molar-refractivity contribution in [2.45, 2.75) is 46.8 Å². The molecule has 0 radical (unpaired) electrons. The Kier molecular flexibility index (Phi) is 5.23. The zero-order valence-corrected chi connectivity index (χ0v) is 16.2. The van der Waals surface area contributed by atoms with E-state index in [1.165, 1.54) is 27.8 Å². The average molecular weight is 370 g/mol. The van der Waals surface area contributed by atoms with Crippen LogP contribution in [0.15, 0.2) is 35.4 Å². The van der Waals surface area contributed by atoms with Gasteiger partial charge < -0.3 is 4.74 Å². The van der Waals surface area contributed by atoms with Crippen LogP contribution in [0.1, 0.15) is 41.3 Å². The second-order valence-electron chi connectivity index (χ2n) is 6.70. The van der Waals surface area contributed by atoms with Crippen molar-refractivity contribution in [2.75, 3.05) is 0 Å². The Balaban J connectivity index is 1.68. The molecule has 0 saturated heterocycles. The predicted molar refractivity (Wildman–Crippen MR) is 104 cm³/mol. The standard InChI is InChI=1S/C20H22N2O3S/c1-12(2)16-7-5-15(6-8-16)10-25-17(23)9-22-11-21-19-18(20(22)24)13(3)14(4)26-19/h5-8,11-12H,9-10H2,1-4H3. The lowest BCUT2D eigenvalue weighted by atomic mass is 10.0. The highest BCUT2D eigenvalue weighted by Crippen LogP contribution is 2.25. The van der Waals surface area contributed by atoms with E-state index in [-0.39, 0.29) is 18.7 Å².